The molecule has 3 aromatic rings. The first-order chi connectivity index (χ1) is 43.7. The average Bonchev–Trinajstić information content (AvgIpc) is 1.78. The van der Waals surface area contributed by atoms with Crippen LogP contribution in [-0.4, -0.2) is 186 Å². The third-order valence-electron chi connectivity index (χ3n) is 15.9. The molecule has 3 heterocycles. The topological polar surface area (TPSA) is 466 Å². The Morgan fingerprint density at radius 3 is 1.70 bits per heavy atom. The number of rotatable bonds is 21. The second kappa shape index (κ2) is 36.1. The summed E-state index contributed by atoms with van der Waals surface area (Å²) in [6.45, 7) is 0.0889. The Bertz CT molecular complexity index is 3040. The summed E-state index contributed by atoms with van der Waals surface area (Å²) in [5.41, 5.74) is 30.1. The quantitative estimate of drug-likeness (QED) is 0.0294. The number of nitrogens with one attached hydrogen (secondary N) is 8. The maximum Gasteiger partial charge on any atom is 0.326 e. The number of benzene rings is 3. The van der Waals surface area contributed by atoms with Gasteiger partial charge in [0, 0.05) is 58.4 Å². The van der Waals surface area contributed by atoms with E-state index >= 15 is 0 Å². The first kappa shape index (κ1) is 70.4. The number of aliphatic imine (C=N–C) groups is 2. The fourth-order valence-corrected chi connectivity index (χ4v) is 11.1. The van der Waals surface area contributed by atoms with Gasteiger partial charge < -0.3 is 86.1 Å². The van der Waals surface area contributed by atoms with Crippen molar-refractivity contribution in [3.63, 3.8) is 0 Å². The highest BCUT2D eigenvalue weighted by atomic mass is 16.4. The molecule has 3 saturated heterocycles. The maximum absolute atomic E-state index is 14.9. The lowest BCUT2D eigenvalue weighted by atomic mass is 10.0. The van der Waals surface area contributed by atoms with E-state index in [-0.39, 0.29) is 115 Å². The molecule has 492 valence electrons. The molecule has 29 heteroatoms. The fraction of sp³-hybridized carbons (Fsp3) is 0.500. The van der Waals surface area contributed by atoms with Gasteiger partial charge in [-0.2, -0.15) is 0 Å². The van der Waals surface area contributed by atoms with Gasteiger partial charge in [0.1, 0.15) is 48.3 Å². The molecular formula is C62H87N17O12. The van der Waals surface area contributed by atoms with E-state index in [1.54, 1.807) is 91.0 Å². The molecule has 0 radical (unpaired) electrons. The Labute approximate surface area is 528 Å². The number of nitrogens with zero attached hydrogens (tertiary/aromatic N) is 4. The molecule has 9 atom stereocenters. The molecule has 10 amide bonds. The highest BCUT2D eigenvalue weighted by Gasteiger charge is 2.44. The summed E-state index contributed by atoms with van der Waals surface area (Å²) in [5, 5.41) is 31.6. The zero-order chi connectivity index (χ0) is 65.8. The van der Waals surface area contributed by atoms with Gasteiger partial charge in [-0.1, -0.05) is 91.0 Å². The summed E-state index contributed by atoms with van der Waals surface area (Å²) < 4.78 is 0. The lowest BCUT2D eigenvalue weighted by Crippen LogP contribution is -2.60. The van der Waals surface area contributed by atoms with E-state index < -0.39 is 126 Å². The molecule has 0 aromatic heterocycles. The van der Waals surface area contributed by atoms with Crippen molar-refractivity contribution in [3.8, 4) is 0 Å². The third kappa shape index (κ3) is 23.0. The average molecular weight is 1260 g/mol. The Hall–Kier alpha value is -9.67. The fourth-order valence-electron chi connectivity index (χ4n) is 11.1. The van der Waals surface area contributed by atoms with Crippen LogP contribution in [0.15, 0.2) is 101 Å². The summed E-state index contributed by atoms with van der Waals surface area (Å²) in [5.74, 6) is -8.85. The Kier molecular flexibility index (Phi) is 27.9. The molecule has 0 bridgehead atoms. The second-order valence-electron chi connectivity index (χ2n) is 22.8. The van der Waals surface area contributed by atoms with Crippen molar-refractivity contribution in [1.82, 2.24) is 52.3 Å². The van der Waals surface area contributed by atoms with E-state index in [4.69, 9.17) is 28.7 Å². The van der Waals surface area contributed by atoms with Crippen LogP contribution in [0.25, 0.3) is 0 Å². The molecule has 3 aromatic carbocycles. The number of aliphatic carboxylic acids is 1. The lowest BCUT2D eigenvalue weighted by Gasteiger charge is -2.33. The molecule has 0 spiro atoms. The van der Waals surface area contributed by atoms with Gasteiger partial charge in [0.05, 0.1) is 12.6 Å². The molecule has 3 aliphatic heterocycles. The van der Waals surface area contributed by atoms with Gasteiger partial charge in [-0.3, -0.25) is 57.9 Å². The molecule has 19 N–H and O–H groups in total. The van der Waals surface area contributed by atoms with E-state index in [0.29, 0.717) is 48.8 Å². The van der Waals surface area contributed by atoms with Gasteiger partial charge in [0.15, 0.2) is 11.9 Å². The van der Waals surface area contributed by atoms with E-state index in [2.05, 4.69) is 52.5 Å². The number of guanidine groups is 2. The van der Waals surface area contributed by atoms with E-state index in [1.165, 1.54) is 9.80 Å². The first-order valence-corrected chi connectivity index (χ1v) is 30.8. The lowest BCUT2D eigenvalue weighted by molar-refractivity contribution is -0.148. The highest BCUT2D eigenvalue weighted by Crippen LogP contribution is 2.26. The summed E-state index contributed by atoms with van der Waals surface area (Å²) in [6, 6.07) is 14.4. The van der Waals surface area contributed by atoms with E-state index in [0.717, 1.165) is 0 Å². The van der Waals surface area contributed by atoms with Crippen molar-refractivity contribution in [1.29, 1.82) is 0 Å². The minimum Gasteiger partial charge on any atom is -0.480 e. The zero-order valence-corrected chi connectivity index (χ0v) is 51.0. The maximum atomic E-state index is 14.9. The number of hydrogen-bond acceptors (Lipinski definition) is 14. The largest absolute Gasteiger partial charge is 0.480 e. The summed E-state index contributed by atoms with van der Waals surface area (Å²) in [4.78, 5) is 166. The number of carboxylic acids is 1. The SMILES string of the molecule is NC(N)=NCCC[C@H](NC(=O)[C@H](Cc1ccccc1)NC(=O)[C@@H](Cc1ccccc1)NC(=O)[C@@H]1CCC(=O)NCCCC[C@H](N)C(=O)N[C@@H](CCCN=C(N)N)C(=O)N2CCC[C@H]2C(=O)N2CCC[C@H]2C(=O)NCC(=O)N[C@@H](Cc2ccccc2)C(=O)N1)C(=O)O. The second-order valence-corrected chi connectivity index (χ2v) is 22.8. The summed E-state index contributed by atoms with van der Waals surface area (Å²) >= 11 is 0. The van der Waals surface area contributed by atoms with Gasteiger partial charge in [-0.15, -0.1) is 0 Å². The molecule has 6 rings (SSSR count). The van der Waals surface area contributed by atoms with Crippen molar-refractivity contribution in [2.45, 2.75) is 157 Å². The molecular weight excluding hydrogens is 1170 g/mol. The monoisotopic (exact) mass is 1260 g/mol. The first-order valence-electron chi connectivity index (χ1n) is 30.8. The predicted octanol–water partition coefficient (Wildman–Crippen LogP) is -2.68. The van der Waals surface area contributed by atoms with Gasteiger partial charge in [-0.25, -0.2) is 4.79 Å². The smallest absolute Gasteiger partial charge is 0.326 e. The van der Waals surface area contributed by atoms with Gasteiger partial charge >= 0.3 is 5.97 Å². The predicted molar refractivity (Wildman–Crippen MR) is 336 cm³/mol. The van der Waals surface area contributed by atoms with Crippen molar-refractivity contribution in [2.75, 3.05) is 39.3 Å². The minimum atomic E-state index is -1.57. The summed E-state index contributed by atoms with van der Waals surface area (Å²) in [7, 11) is 0. The van der Waals surface area contributed by atoms with Crippen LogP contribution in [0.2, 0.25) is 0 Å². The number of carboxylic acid groups (broad SMARTS) is 1. The van der Waals surface area contributed by atoms with Crippen molar-refractivity contribution in [2.24, 2.45) is 38.7 Å². The number of carbonyl (C=O) groups is 11. The van der Waals surface area contributed by atoms with Crippen molar-refractivity contribution in [3.05, 3.63) is 108 Å². The normalized spacial score (nSPS) is 21.9. The molecule has 0 aliphatic carbocycles. The van der Waals surface area contributed by atoms with Crippen LogP contribution in [0.5, 0.6) is 0 Å². The number of fused-ring (bicyclic) bond motifs is 2. The molecule has 0 saturated carbocycles. The van der Waals surface area contributed by atoms with Crippen LogP contribution >= 0.6 is 0 Å². The van der Waals surface area contributed by atoms with Crippen molar-refractivity contribution >= 4 is 77.0 Å². The zero-order valence-electron chi connectivity index (χ0n) is 51.0. The third-order valence-corrected chi connectivity index (χ3v) is 15.9. The van der Waals surface area contributed by atoms with Gasteiger partial charge in [-0.05, 0) is 93.7 Å². The summed E-state index contributed by atoms with van der Waals surface area (Å²) in [6.07, 6.45) is 1.70. The van der Waals surface area contributed by atoms with Gasteiger partial charge in [0.2, 0.25) is 59.1 Å². The van der Waals surface area contributed by atoms with Crippen LogP contribution in [0.4, 0.5) is 0 Å². The highest BCUT2D eigenvalue weighted by molar-refractivity contribution is 5.99. The number of nitrogens with two attached hydrogens (primary N) is 5. The standard InChI is InChI=1S/C62H87N17O12/c63-41-22-10-11-29-68-50(80)28-27-42(53(83)76-47(36-40-20-8-3-9-21-40)56(86)77-46(35-39-18-6-2-7-19-39)55(85)75-44(60(90)91)24-13-31-70-62(66)67)73-54(84)45(34-38-16-4-1-5-17-38)72-51(81)37-71-57(87)48-25-14-32-78(48)59(89)49-26-15-33-79(49)58(88)43(74-52(41)82)23-12-30-69-61(64)65/h1-9,16-21,41-49H,10-15,22-37,63H2,(H,68,80)(H,71,87)(H,72,81)(H,73,84)(H,74,82)(H,75,85)(H,76,83)(H,77,86)(H,90,91)(H4,64,65,69)(H4,66,67,70)/t41-,42-,43-,44-,45-,46-,47+,48-,49-/m0/s1. The van der Waals surface area contributed by atoms with Crippen LogP contribution in [0, 0.1) is 0 Å². The molecule has 0 unspecified atom stereocenters. The molecule has 91 heavy (non-hydrogen) atoms. The molecule has 3 aliphatic rings. The van der Waals surface area contributed by atoms with Crippen LogP contribution < -0.4 is 71.2 Å². The van der Waals surface area contributed by atoms with Gasteiger partial charge in [0.25, 0.3) is 0 Å². The Balaban J connectivity index is 1.28. The Morgan fingerprint density at radius 2 is 1.11 bits per heavy atom. The van der Waals surface area contributed by atoms with E-state index in [1.807, 2.05) is 0 Å². The van der Waals surface area contributed by atoms with E-state index in [9.17, 15) is 57.8 Å². The number of carbonyl (C=O) groups excluding carboxylic acids is 10. The van der Waals surface area contributed by atoms with Crippen molar-refractivity contribution < 1.29 is 57.8 Å². The molecule has 3 fully saturated rings. The van der Waals surface area contributed by atoms with Crippen LogP contribution in [0.3, 0.4) is 0 Å². The molecule has 29 nitrogen and oxygen atoms in total. The Morgan fingerprint density at radius 1 is 0.560 bits per heavy atom. The number of hydrogen-bond donors (Lipinski definition) is 14. The number of amides is 10. The van der Waals surface area contributed by atoms with Crippen LogP contribution in [-0.2, 0) is 72.0 Å². The van der Waals surface area contributed by atoms with Crippen LogP contribution in [0.1, 0.15) is 100 Å². The minimum absolute atomic E-state index is 0.0678.